The number of carbonyl (C=O) groups excluding carboxylic acids is 1. The summed E-state index contributed by atoms with van der Waals surface area (Å²) in [5.74, 6) is 0.581. The standard InChI is InChI=1S/C15H15FN2O2/c1-2-14(19)18-10-11-7-8-17-15(9-11)20-13-5-3-12(16)4-6-13/h3-9H,2,10H2,1H3,(H,18,19). The molecular weight excluding hydrogens is 259 g/mol. The minimum absolute atomic E-state index is 0.0113. The lowest BCUT2D eigenvalue weighted by molar-refractivity contribution is -0.120. The highest BCUT2D eigenvalue weighted by Crippen LogP contribution is 2.20. The van der Waals surface area contributed by atoms with Gasteiger partial charge in [-0.1, -0.05) is 6.92 Å². The Labute approximate surface area is 116 Å². The summed E-state index contributed by atoms with van der Waals surface area (Å²) < 4.78 is 18.3. The van der Waals surface area contributed by atoms with E-state index in [0.717, 1.165) is 5.56 Å². The number of hydrogen-bond acceptors (Lipinski definition) is 3. The molecule has 0 fully saturated rings. The van der Waals surface area contributed by atoms with Crippen LogP contribution in [0, 0.1) is 5.82 Å². The second-order valence-electron chi connectivity index (χ2n) is 4.19. The summed E-state index contributed by atoms with van der Waals surface area (Å²) in [6.07, 6.45) is 2.05. The summed E-state index contributed by atoms with van der Waals surface area (Å²) in [6.45, 7) is 2.22. The molecule has 5 heteroatoms. The van der Waals surface area contributed by atoms with E-state index in [2.05, 4.69) is 10.3 Å². The molecule has 0 radical (unpaired) electrons. The fraction of sp³-hybridized carbons (Fsp3) is 0.200. The number of rotatable bonds is 5. The fourth-order valence-electron chi connectivity index (χ4n) is 1.57. The van der Waals surface area contributed by atoms with Crippen LogP contribution in [-0.4, -0.2) is 10.9 Å². The largest absolute Gasteiger partial charge is 0.439 e. The molecule has 0 spiro atoms. The number of carbonyl (C=O) groups is 1. The highest BCUT2D eigenvalue weighted by molar-refractivity contribution is 5.75. The van der Waals surface area contributed by atoms with Crippen molar-refractivity contribution in [3.63, 3.8) is 0 Å². The third kappa shape index (κ3) is 4.05. The topological polar surface area (TPSA) is 51.2 Å². The van der Waals surface area contributed by atoms with Crippen molar-refractivity contribution in [2.45, 2.75) is 19.9 Å². The van der Waals surface area contributed by atoms with Crippen molar-refractivity contribution >= 4 is 5.91 Å². The SMILES string of the molecule is CCC(=O)NCc1ccnc(Oc2ccc(F)cc2)c1. The van der Waals surface area contributed by atoms with Gasteiger partial charge in [0, 0.05) is 25.2 Å². The molecule has 1 N–H and O–H groups in total. The van der Waals surface area contributed by atoms with Crippen molar-refractivity contribution in [1.29, 1.82) is 0 Å². The van der Waals surface area contributed by atoms with Crippen LogP contribution in [0.25, 0.3) is 0 Å². The summed E-state index contributed by atoms with van der Waals surface area (Å²) in [7, 11) is 0. The number of benzene rings is 1. The molecule has 0 atom stereocenters. The van der Waals surface area contributed by atoms with Crippen molar-refractivity contribution in [2.24, 2.45) is 0 Å². The Morgan fingerprint density at radius 1 is 1.30 bits per heavy atom. The highest BCUT2D eigenvalue weighted by atomic mass is 19.1. The number of amides is 1. The second kappa shape index (κ2) is 6.65. The lowest BCUT2D eigenvalue weighted by Crippen LogP contribution is -2.21. The molecule has 2 rings (SSSR count). The Morgan fingerprint density at radius 2 is 2.05 bits per heavy atom. The molecule has 2 aromatic rings. The first-order valence-corrected chi connectivity index (χ1v) is 6.32. The lowest BCUT2D eigenvalue weighted by atomic mass is 10.2. The van der Waals surface area contributed by atoms with E-state index in [9.17, 15) is 9.18 Å². The molecule has 0 aliphatic rings. The van der Waals surface area contributed by atoms with Crippen molar-refractivity contribution < 1.29 is 13.9 Å². The minimum Gasteiger partial charge on any atom is -0.439 e. The first kappa shape index (κ1) is 14.0. The van der Waals surface area contributed by atoms with Crippen molar-refractivity contribution in [3.8, 4) is 11.6 Å². The number of hydrogen-bond donors (Lipinski definition) is 1. The fourth-order valence-corrected chi connectivity index (χ4v) is 1.57. The molecule has 1 amide bonds. The maximum atomic E-state index is 12.8. The zero-order chi connectivity index (χ0) is 14.4. The maximum Gasteiger partial charge on any atom is 0.219 e. The van der Waals surface area contributed by atoms with Gasteiger partial charge in [-0.2, -0.15) is 0 Å². The van der Waals surface area contributed by atoms with Gasteiger partial charge in [-0.15, -0.1) is 0 Å². The Hall–Kier alpha value is -2.43. The van der Waals surface area contributed by atoms with E-state index >= 15 is 0 Å². The van der Waals surface area contributed by atoms with Gasteiger partial charge in [0.25, 0.3) is 0 Å². The zero-order valence-corrected chi connectivity index (χ0v) is 11.1. The monoisotopic (exact) mass is 274 g/mol. The van der Waals surface area contributed by atoms with Gasteiger partial charge in [0.15, 0.2) is 0 Å². The van der Waals surface area contributed by atoms with E-state index in [-0.39, 0.29) is 11.7 Å². The Balaban J connectivity index is 2.02. The Kier molecular flexibility index (Phi) is 4.65. The van der Waals surface area contributed by atoms with Crippen molar-refractivity contribution in [1.82, 2.24) is 10.3 Å². The zero-order valence-electron chi connectivity index (χ0n) is 11.1. The van der Waals surface area contributed by atoms with E-state index in [1.165, 1.54) is 24.3 Å². The van der Waals surface area contributed by atoms with Crippen molar-refractivity contribution in [3.05, 3.63) is 54.0 Å². The number of nitrogens with one attached hydrogen (secondary N) is 1. The number of pyridine rings is 1. The van der Waals surface area contributed by atoms with Gasteiger partial charge in [-0.05, 0) is 35.9 Å². The molecule has 0 aliphatic heterocycles. The Bertz CT molecular complexity index is 585. The summed E-state index contributed by atoms with van der Waals surface area (Å²) in [4.78, 5) is 15.3. The number of nitrogens with zero attached hydrogens (tertiary/aromatic N) is 1. The normalized spacial score (nSPS) is 10.1. The van der Waals surface area contributed by atoms with Crippen LogP contribution in [0.2, 0.25) is 0 Å². The van der Waals surface area contributed by atoms with Gasteiger partial charge in [0.2, 0.25) is 11.8 Å². The molecule has 104 valence electrons. The first-order valence-electron chi connectivity index (χ1n) is 6.32. The molecule has 0 bridgehead atoms. The summed E-state index contributed by atoms with van der Waals surface area (Å²) in [6, 6.07) is 9.24. The molecule has 0 aliphatic carbocycles. The highest BCUT2D eigenvalue weighted by Gasteiger charge is 2.02. The smallest absolute Gasteiger partial charge is 0.219 e. The number of halogens is 1. The molecule has 0 unspecified atom stereocenters. The van der Waals surface area contributed by atoms with Crippen LogP contribution in [0.4, 0.5) is 4.39 Å². The van der Waals surface area contributed by atoms with Crippen molar-refractivity contribution in [2.75, 3.05) is 0 Å². The van der Waals surface area contributed by atoms with Crippen LogP contribution in [-0.2, 0) is 11.3 Å². The lowest BCUT2D eigenvalue weighted by Gasteiger charge is -2.07. The minimum atomic E-state index is -0.318. The average molecular weight is 274 g/mol. The van der Waals surface area contributed by atoms with Crippen LogP contribution < -0.4 is 10.1 Å². The molecular formula is C15H15FN2O2. The van der Waals surface area contributed by atoms with Gasteiger partial charge < -0.3 is 10.1 Å². The molecule has 0 saturated carbocycles. The summed E-state index contributed by atoms with van der Waals surface area (Å²) >= 11 is 0. The maximum absolute atomic E-state index is 12.8. The van der Waals surface area contributed by atoms with Crippen LogP contribution in [0.1, 0.15) is 18.9 Å². The first-order chi connectivity index (χ1) is 9.67. The summed E-state index contributed by atoms with van der Waals surface area (Å²) in [5, 5.41) is 2.78. The van der Waals surface area contributed by atoms with E-state index in [1.54, 1.807) is 25.3 Å². The Morgan fingerprint density at radius 3 is 2.75 bits per heavy atom. The van der Waals surface area contributed by atoms with Crippen LogP contribution in [0.15, 0.2) is 42.6 Å². The second-order valence-corrected chi connectivity index (χ2v) is 4.19. The van der Waals surface area contributed by atoms with E-state index in [0.29, 0.717) is 24.6 Å². The van der Waals surface area contributed by atoms with Gasteiger partial charge in [0.05, 0.1) is 0 Å². The molecule has 20 heavy (non-hydrogen) atoms. The predicted molar refractivity (Wildman–Crippen MR) is 72.8 cm³/mol. The summed E-state index contributed by atoms with van der Waals surface area (Å²) in [5.41, 5.74) is 0.888. The van der Waals surface area contributed by atoms with Gasteiger partial charge >= 0.3 is 0 Å². The van der Waals surface area contributed by atoms with E-state index in [4.69, 9.17) is 4.74 Å². The number of ether oxygens (including phenoxy) is 1. The molecule has 1 heterocycles. The van der Waals surface area contributed by atoms with E-state index in [1.807, 2.05) is 0 Å². The quantitative estimate of drug-likeness (QED) is 0.911. The third-order valence-electron chi connectivity index (χ3n) is 2.65. The van der Waals surface area contributed by atoms with Gasteiger partial charge in [0.1, 0.15) is 11.6 Å². The third-order valence-corrected chi connectivity index (χ3v) is 2.65. The van der Waals surface area contributed by atoms with E-state index < -0.39 is 0 Å². The van der Waals surface area contributed by atoms with Crippen LogP contribution >= 0.6 is 0 Å². The van der Waals surface area contributed by atoms with Crippen LogP contribution in [0.5, 0.6) is 11.6 Å². The molecule has 1 aromatic carbocycles. The molecule has 1 aromatic heterocycles. The van der Waals surface area contributed by atoms with Gasteiger partial charge in [-0.3, -0.25) is 4.79 Å². The predicted octanol–water partition coefficient (Wildman–Crippen LogP) is 3.04. The average Bonchev–Trinajstić information content (AvgIpc) is 2.47. The molecule has 0 saturated heterocycles. The molecule has 4 nitrogen and oxygen atoms in total. The van der Waals surface area contributed by atoms with Gasteiger partial charge in [-0.25, -0.2) is 9.37 Å². The number of aromatic nitrogens is 1. The van der Waals surface area contributed by atoms with Crippen LogP contribution in [0.3, 0.4) is 0 Å².